The maximum Gasteiger partial charge on any atom is 0.317 e. The Hall–Kier alpha value is -6.37. The van der Waals surface area contributed by atoms with E-state index in [-0.39, 0.29) is 60.7 Å². The summed E-state index contributed by atoms with van der Waals surface area (Å²) in [5.74, 6) is -0.559. The molecule has 61 heavy (non-hydrogen) atoms. The van der Waals surface area contributed by atoms with Gasteiger partial charge in [0.1, 0.15) is 47.2 Å². The molecule has 12 rings (SSSR count). The van der Waals surface area contributed by atoms with E-state index in [1.54, 1.807) is 31.3 Å². The largest absolute Gasteiger partial charge is 0.458 e. The van der Waals surface area contributed by atoms with Gasteiger partial charge in [0.2, 0.25) is 17.8 Å². The monoisotopic (exact) mass is 834 g/mol. The number of hydrogen-bond donors (Lipinski definition) is 0. The number of carbonyl (C=O) groups is 2. The predicted octanol–water partition coefficient (Wildman–Crippen LogP) is 4.06. The summed E-state index contributed by atoms with van der Waals surface area (Å²) >= 11 is 0. The van der Waals surface area contributed by atoms with E-state index in [1.807, 2.05) is 26.2 Å². The Labute approximate surface area is 346 Å². The number of anilines is 2. The van der Waals surface area contributed by atoms with Gasteiger partial charge in [0, 0.05) is 64.1 Å². The van der Waals surface area contributed by atoms with Crippen LogP contribution in [0, 0.1) is 30.3 Å². The molecule has 6 aromatic rings. The Morgan fingerprint density at radius 3 is 2.54 bits per heavy atom. The van der Waals surface area contributed by atoms with E-state index in [2.05, 4.69) is 15.1 Å². The van der Waals surface area contributed by atoms with E-state index in [1.165, 1.54) is 29.1 Å². The molecule has 0 unspecified atom stereocenters. The van der Waals surface area contributed by atoms with Crippen molar-refractivity contribution in [1.29, 1.82) is 0 Å². The van der Waals surface area contributed by atoms with Crippen LogP contribution in [0.25, 0.3) is 39.0 Å². The summed E-state index contributed by atoms with van der Waals surface area (Å²) in [6, 6.07) is 6.36. The first-order valence-corrected chi connectivity index (χ1v) is 20.5. The molecule has 9 heterocycles. The predicted molar refractivity (Wildman–Crippen MR) is 215 cm³/mol. The van der Waals surface area contributed by atoms with Crippen molar-refractivity contribution in [2.75, 3.05) is 50.1 Å². The van der Waals surface area contributed by atoms with Crippen LogP contribution >= 0.6 is 0 Å². The SMILES string of the molecule is CO[C@H]1CN(C)C(=O)[C@@H]2C[C@@H](CN2c2nc(N3[C@H]4C[C@@H]3C(=O)N(CC3CC3)C4)nc3c2cnn3-c2ccc(F)cc2F)Oc2nccc(n2)-c2cc(F)cc3nc(C)n(c23)C1. The maximum atomic E-state index is 15.4. The molecule has 6 bridgehead atoms. The number of aromatic nitrogens is 8. The average molecular weight is 835 g/mol. The fraction of sp³-hybridized carbons (Fsp3) is 0.429. The summed E-state index contributed by atoms with van der Waals surface area (Å²) in [4.78, 5) is 59.8. The van der Waals surface area contributed by atoms with Gasteiger partial charge in [-0.25, -0.2) is 27.8 Å². The minimum atomic E-state index is -0.845. The van der Waals surface area contributed by atoms with Gasteiger partial charge in [-0.15, -0.1) is 0 Å². The number of methoxy groups -OCH3 is 1. The van der Waals surface area contributed by atoms with Gasteiger partial charge in [0.25, 0.3) is 0 Å². The number of likely N-dealkylation sites (N-methyl/N-ethyl adjacent to an activating group) is 1. The fourth-order valence-electron chi connectivity index (χ4n) is 9.54. The van der Waals surface area contributed by atoms with E-state index >= 15 is 8.78 Å². The summed E-state index contributed by atoms with van der Waals surface area (Å²) in [7, 11) is 3.29. The summed E-state index contributed by atoms with van der Waals surface area (Å²) in [5, 5.41) is 4.93. The van der Waals surface area contributed by atoms with Crippen LogP contribution in [-0.2, 0) is 20.9 Å². The Bertz CT molecular complexity index is 2780. The summed E-state index contributed by atoms with van der Waals surface area (Å²) < 4.78 is 60.4. The zero-order valence-corrected chi connectivity index (χ0v) is 33.6. The quantitative estimate of drug-likeness (QED) is 0.238. The molecule has 16 nitrogen and oxygen atoms in total. The summed E-state index contributed by atoms with van der Waals surface area (Å²) in [6.07, 6.45) is 5.00. The number of hydrogen-bond acceptors (Lipinski definition) is 12. The highest BCUT2D eigenvalue weighted by Crippen LogP contribution is 2.42. The van der Waals surface area contributed by atoms with Gasteiger partial charge in [-0.1, -0.05) is 0 Å². The molecular weight excluding hydrogens is 794 g/mol. The van der Waals surface area contributed by atoms with Crippen LogP contribution in [0.5, 0.6) is 6.01 Å². The Kier molecular flexibility index (Phi) is 8.70. The van der Waals surface area contributed by atoms with Crippen LogP contribution in [-0.4, -0.2) is 132 Å². The zero-order chi connectivity index (χ0) is 41.8. The van der Waals surface area contributed by atoms with E-state index in [9.17, 15) is 14.0 Å². The summed E-state index contributed by atoms with van der Waals surface area (Å²) in [5.41, 5.74) is 2.22. The molecule has 2 aromatic carbocycles. The van der Waals surface area contributed by atoms with Gasteiger partial charge in [0.15, 0.2) is 11.5 Å². The lowest BCUT2D eigenvalue weighted by atomic mass is 9.87. The molecule has 2 amide bonds. The molecule has 5 atom stereocenters. The van der Waals surface area contributed by atoms with Crippen molar-refractivity contribution < 1.29 is 32.2 Å². The standard InChI is InChI=1S/C42H41F3N12O4/c1-21-48-32-12-24(44)10-28-31-8-9-46-42(49-31)61-26-14-34(39(58)52(2)18-27(60-3)20-54(21)36(28)32)55(19-26)37-29-15-47-57(33-7-6-23(43)11-30(33)45)38(29)51-41(50-37)56-25-13-35(56)40(59)53(17-25)16-22-4-5-22/h6-12,15,22,25-27,34-35H,4-5,13-14,16-20H2,1-3H3/t25-,26-,27-,34-,35+/m0/s1. The third kappa shape index (κ3) is 6.30. The van der Waals surface area contributed by atoms with Crippen molar-refractivity contribution in [2.45, 2.75) is 69.5 Å². The molecule has 19 heteroatoms. The first-order chi connectivity index (χ1) is 29.5. The van der Waals surface area contributed by atoms with E-state index < -0.39 is 41.7 Å². The van der Waals surface area contributed by atoms with E-state index in [4.69, 9.17) is 24.4 Å². The molecule has 6 aliphatic rings. The number of rotatable bonds is 6. The minimum Gasteiger partial charge on any atom is -0.458 e. The molecule has 314 valence electrons. The molecule has 4 aromatic heterocycles. The second-order valence-electron chi connectivity index (χ2n) is 16.8. The Morgan fingerprint density at radius 2 is 1.75 bits per heavy atom. The van der Waals surface area contributed by atoms with Crippen LogP contribution < -0.4 is 14.5 Å². The molecule has 1 saturated carbocycles. The highest BCUT2D eigenvalue weighted by Gasteiger charge is 2.53. The van der Waals surface area contributed by atoms with Crippen LogP contribution in [0.3, 0.4) is 0 Å². The van der Waals surface area contributed by atoms with Crippen LogP contribution in [0.1, 0.15) is 31.5 Å². The zero-order valence-electron chi connectivity index (χ0n) is 33.6. The highest BCUT2D eigenvalue weighted by molar-refractivity contribution is 5.95. The number of amides is 2. The molecule has 0 N–H and O–H groups in total. The van der Waals surface area contributed by atoms with Crippen molar-refractivity contribution in [2.24, 2.45) is 5.92 Å². The van der Waals surface area contributed by atoms with Gasteiger partial charge in [0.05, 0.1) is 53.5 Å². The molecule has 0 spiro atoms. The lowest BCUT2D eigenvalue weighted by Gasteiger charge is -2.55. The normalized spacial score (nSPS) is 24.0. The van der Waals surface area contributed by atoms with Gasteiger partial charge in [-0.2, -0.15) is 20.1 Å². The minimum absolute atomic E-state index is 0.0158. The number of imidazole rings is 1. The fourth-order valence-corrected chi connectivity index (χ4v) is 9.54. The number of carbonyl (C=O) groups excluding carboxylic acids is 2. The first kappa shape index (κ1) is 37.6. The molecule has 0 radical (unpaired) electrons. The molecular formula is C42H41F3N12O4. The number of ether oxygens (including phenoxy) is 2. The van der Waals surface area contributed by atoms with Gasteiger partial charge in [-0.3, -0.25) is 9.59 Å². The second-order valence-corrected chi connectivity index (χ2v) is 16.8. The number of benzene rings is 2. The smallest absolute Gasteiger partial charge is 0.317 e. The number of halogens is 3. The number of nitrogens with zero attached hydrogens (tertiary/aromatic N) is 12. The van der Waals surface area contributed by atoms with Crippen molar-refractivity contribution in [3.05, 3.63) is 72.1 Å². The maximum absolute atomic E-state index is 15.4. The second kappa shape index (κ2) is 14.1. The van der Waals surface area contributed by atoms with E-state index in [0.717, 1.165) is 31.5 Å². The Balaban J connectivity index is 1.03. The molecule has 5 fully saturated rings. The number of fused-ring (bicyclic) bond motifs is 8. The van der Waals surface area contributed by atoms with Crippen LogP contribution in [0.15, 0.2) is 48.8 Å². The van der Waals surface area contributed by atoms with Crippen LogP contribution in [0.4, 0.5) is 24.9 Å². The molecule has 5 aliphatic heterocycles. The first-order valence-electron chi connectivity index (χ1n) is 20.5. The van der Waals surface area contributed by atoms with Gasteiger partial charge < -0.3 is 33.6 Å². The summed E-state index contributed by atoms with van der Waals surface area (Å²) in [6.45, 7) is 3.73. The number of piperidine rings is 1. The number of piperazine rings is 1. The molecule has 1 aliphatic carbocycles. The van der Waals surface area contributed by atoms with Crippen molar-refractivity contribution in [1.82, 2.24) is 49.1 Å². The lowest BCUT2D eigenvalue weighted by molar-refractivity contribution is -0.140. The number of aryl methyl sites for hydroxylation is 1. The topological polar surface area (TPSA) is 153 Å². The van der Waals surface area contributed by atoms with Gasteiger partial charge >= 0.3 is 6.01 Å². The van der Waals surface area contributed by atoms with Crippen molar-refractivity contribution >= 4 is 45.6 Å². The van der Waals surface area contributed by atoms with Crippen molar-refractivity contribution in [3.63, 3.8) is 0 Å². The molecule has 4 saturated heterocycles. The Morgan fingerprint density at radius 1 is 0.902 bits per heavy atom. The van der Waals surface area contributed by atoms with E-state index in [0.29, 0.717) is 64.7 Å². The third-order valence-corrected chi connectivity index (χ3v) is 12.8. The lowest BCUT2D eigenvalue weighted by Crippen LogP contribution is -2.72. The van der Waals surface area contributed by atoms with Crippen LogP contribution in [0.2, 0.25) is 0 Å². The average Bonchev–Trinajstić information content (AvgIpc) is 3.65. The van der Waals surface area contributed by atoms with Crippen molar-refractivity contribution in [3.8, 4) is 23.0 Å². The highest BCUT2D eigenvalue weighted by atomic mass is 19.1. The third-order valence-electron chi connectivity index (χ3n) is 12.8. The van der Waals surface area contributed by atoms with Gasteiger partial charge in [-0.05, 0) is 56.4 Å².